The summed E-state index contributed by atoms with van der Waals surface area (Å²) in [5, 5.41) is 0. The van der Waals surface area contributed by atoms with Crippen LogP contribution in [0.4, 0.5) is 0 Å². The predicted octanol–water partition coefficient (Wildman–Crippen LogP) is 8.48. The molecule has 0 unspecified atom stereocenters. The van der Waals surface area contributed by atoms with Crippen molar-refractivity contribution in [3.63, 3.8) is 0 Å². The Hall–Kier alpha value is -2.00. The molecule has 2 aliphatic rings. The van der Waals surface area contributed by atoms with Gasteiger partial charge in [0.15, 0.2) is 0 Å². The largest absolute Gasteiger partial charge is 0.512 e. The van der Waals surface area contributed by atoms with E-state index in [9.17, 15) is 0 Å². The van der Waals surface area contributed by atoms with Crippen LogP contribution in [0.5, 0.6) is 5.75 Å². The van der Waals surface area contributed by atoms with Crippen molar-refractivity contribution in [3.8, 4) is 5.75 Å². The number of hydrogen-bond donors (Lipinski definition) is 0. The molecule has 0 heterocycles. The predicted molar refractivity (Wildman–Crippen MR) is 131 cm³/mol. The maximum absolute atomic E-state index is 7.08. The molecule has 3 rings (SSSR count). The van der Waals surface area contributed by atoms with Gasteiger partial charge in [-0.15, -0.1) is 0 Å². The summed E-state index contributed by atoms with van der Waals surface area (Å²) in [4.78, 5) is 0. The lowest BCUT2D eigenvalue weighted by Crippen LogP contribution is -2.54. The van der Waals surface area contributed by atoms with Crippen LogP contribution in [-0.4, -0.2) is 8.56 Å². The Morgan fingerprint density at radius 1 is 0.900 bits per heavy atom. The first kappa shape index (κ1) is 22.7. The highest BCUT2D eigenvalue weighted by atomic mass is 28.4. The lowest BCUT2D eigenvalue weighted by molar-refractivity contribution is 0.250. The zero-order valence-electron chi connectivity index (χ0n) is 18.7. The Labute approximate surface area is 184 Å². The lowest BCUT2D eigenvalue weighted by Gasteiger charge is -2.45. The minimum Gasteiger partial charge on any atom is -0.512 e. The van der Waals surface area contributed by atoms with Gasteiger partial charge in [0.25, 0.3) is 0 Å². The summed E-state index contributed by atoms with van der Waals surface area (Å²) in [6.07, 6.45) is 22.6. The van der Waals surface area contributed by atoms with Gasteiger partial charge in [-0.2, -0.15) is 0 Å². The fourth-order valence-electron chi connectivity index (χ4n) is 5.14. The molecule has 0 spiro atoms. The summed E-state index contributed by atoms with van der Waals surface area (Å²) in [7, 11) is -2.59. The molecule has 0 N–H and O–H groups in total. The summed E-state index contributed by atoms with van der Waals surface area (Å²) in [6, 6.07) is 8.38. The molecule has 2 fully saturated rings. The quantitative estimate of drug-likeness (QED) is 0.226. The fourth-order valence-corrected chi connectivity index (χ4v) is 9.95. The Kier molecular flexibility index (Phi) is 8.62. The van der Waals surface area contributed by atoms with E-state index in [0.717, 1.165) is 17.1 Å². The van der Waals surface area contributed by atoms with Crippen molar-refractivity contribution in [2.24, 2.45) is 0 Å². The second kappa shape index (κ2) is 11.4. The van der Waals surface area contributed by atoms with Gasteiger partial charge in [-0.25, -0.2) is 0 Å². The Morgan fingerprint density at radius 2 is 1.47 bits per heavy atom. The molecule has 0 atom stereocenters. The minimum atomic E-state index is -2.59. The number of rotatable bonds is 9. The molecule has 30 heavy (non-hydrogen) atoms. The first-order valence-electron chi connectivity index (χ1n) is 11.8. The molecule has 0 radical (unpaired) electrons. The first-order valence-corrected chi connectivity index (χ1v) is 13.7. The molecule has 3 heteroatoms. The van der Waals surface area contributed by atoms with Crippen LogP contribution in [-0.2, 0) is 4.43 Å². The van der Waals surface area contributed by atoms with Crippen molar-refractivity contribution in [2.75, 3.05) is 0 Å². The molecule has 2 aliphatic carbocycles. The van der Waals surface area contributed by atoms with E-state index in [1.165, 1.54) is 64.2 Å². The van der Waals surface area contributed by atoms with Crippen molar-refractivity contribution in [1.29, 1.82) is 0 Å². The van der Waals surface area contributed by atoms with Crippen molar-refractivity contribution in [1.82, 2.24) is 0 Å². The number of allylic oxidation sites excluding steroid dienone is 4. The van der Waals surface area contributed by atoms with E-state index in [4.69, 9.17) is 8.85 Å². The summed E-state index contributed by atoms with van der Waals surface area (Å²) in [6.45, 7) is 9.84. The summed E-state index contributed by atoms with van der Waals surface area (Å²) >= 11 is 0. The summed E-state index contributed by atoms with van der Waals surface area (Å²) in [5.41, 5.74) is 2.19. The molecule has 162 valence electrons. The average molecular weight is 423 g/mol. The molecular weight excluding hydrogens is 384 g/mol. The lowest BCUT2D eigenvalue weighted by atomic mass is 9.99. The highest BCUT2D eigenvalue weighted by Gasteiger charge is 2.56. The van der Waals surface area contributed by atoms with Crippen LogP contribution in [0.15, 0.2) is 67.5 Å². The van der Waals surface area contributed by atoms with Gasteiger partial charge in [0.1, 0.15) is 11.5 Å². The topological polar surface area (TPSA) is 18.5 Å². The van der Waals surface area contributed by atoms with E-state index < -0.39 is 8.56 Å². The van der Waals surface area contributed by atoms with Gasteiger partial charge >= 0.3 is 8.56 Å². The third-order valence-electron chi connectivity index (χ3n) is 6.63. The van der Waals surface area contributed by atoms with Crippen molar-refractivity contribution < 1.29 is 8.85 Å². The van der Waals surface area contributed by atoms with E-state index in [0.29, 0.717) is 11.1 Å². The van der Waals surface area contributed by atoms with Crippen molar-refractivity contribution >= 4 is 14.6 Å². The highest BCUT2D eigenvalue weighted by Crippen LogP contribution is 2.50. The molecule has 0 aromatic heterocycles. The molecule has 0 bridgehead atoms. The zero-order chi connectivity index (χ0) is 21.2. The third-order valence-corrected chi connectivity index (χ3v) is 11.2. The Balaban J connectivity index is 2.03. The van der Waals surface area contributed by atoms with Crippen LogP contribution < -0.4 is 4.43 Å². The second-order valence-corrected chi connectivity index (χ2v) is 12.2. The summed E-state index contributed by atoms with van der Waals surface area (Å²) in [5.74, 6) is 1.85. The van der Waals surface area contributed by atoms with Crippen molar-refractivity contribution in [2.45, 2.75) is 82.2 Å². The van der Waals surface area contributed by atoms with Gasteiger partial charge in [-0.3, -0.25) is 0 Å². The number of benzene rings is 1. The maximum Gasteiger partial charge on any atom is 0.466 e. The van der Waals surface area contributed by atoms with E-state index >= 15 is 0 Å². The molecule has 1 aromatic rings. The van der Waals surface area contributed by atoms with Gasteiger partial charge in [0, 0.05) is 11.1 Å². The van der Waals surface area contributed by atoms with Crippen LogP contribution in [0, 0.1) is 0 Å². The van der Waals surface area contributed by atoms with Gasteiger partial charge in [0.2, 0.25) is 0 Å². The highest BCUT2D eigenvalue weighted by molar-refractivity contribution is 6.71. The molecule has 0 saturated heterocycles. The van der Waals surface area contributed by atoms with E-state index in [-0.39, 0.29) is 0 Å². The normalized spacial score (nSPS) is 19.6. The van der Waals surface area contributed by atoms with Gasteiger partial charge in [0.05, 0.1) is 0 Å². The molecular formula is C27H38O2Si. The van der Waals surface area contributed by atoms with Gasteiger partial charge in [-0.05, 0) is 62.5 Å². The Morgan fingerprint density at radius 3 is 1.93 bits per heavy atom. The van der Waals surface area contributed by atoms with Crippen LogP contribution in [0.3, 0.4) is 0 Å². The van der Waals surface area contributed by atoms with Gasteiger partial charge in [-0.1, -0.05) is 82.0 Å². The number of hydrogen-bond acceptors (Lipinski definition) is 2. The Bertz CT molecular complexity index is 717. The maximum atomic E-state index is 7.08. The van der Waals surface area contributed by atoms with E-state index in [1.807, 2.05) is 25.2 Å². The molecule has 2 nitrogen and oxygen atoms in total. The van der Waals surface area contributed by atoms with Gasteiger partial charge < -0.3 is 8.85 Å². The smallest absolute Gasteiger partial charge is 0.466 e. The molecule has 1 aromatic carbocycles. The molecule has 0 amide bonds. The SMILES string of the molecule is C=C/C=C(\C=C/C)O[Si](Oc1ccc(C=C)cc1)(C1CCCCC1)C1CCCCC1. The van der Waals surface area contributed by atoms with E-state index in [1.54, 1.807) is 0 Å². The zero-order valence-corrected chi connectivity index (χ0v) is 19.7. The summed E-state index contributed by atoms with van der Waals surface area (Å²) < 4.78 is 14.1. The van der Waals surface area contributed by atoms with Crippen LogP contribution in [0.25, 0.3) is 6.08 Å². The van der Waals surface area contributed by atoms with E-state index in [2.05, 4.69) is 49.6 Å². The first-order chi connectivity index (χ1) is 14.7. The van der Waals surface area contributed by atoms with Crippen molar-refractivity contribution in [3.05, 3.63) is 73.1 Å². The fraction of sp³-hybridized carbons (Fsp3) is 0.481. The van der Waals surface area contributed by atoms with Crippen LogP contribution in [0.1, 0.15) is 76.7 Å². The monoisotopic (exact) mass is 422 g/mol. The third kappa shape index (κ3) is 5.57. The molecule has 2 saturated carbocycles. The molecule has 0 aliphatic heterocycles. The van der Waals surface area contributed by atoms with Crippen LogP contribution >= 0.6 is 0 Å². The standard InChI is InChI=1S/C27H38O2Si/c1-4-13-24(14-5-2)28-30(26-15-9-7-10-16-26,27-17-11-8-12-18-27)29-25-21-19-23(6-3)20-22-25/h4-6,13-14,19-22,26-27H,1,3,7-12,15-18H2,2H3/b14-5-,24-13+. The average Bonchev–Trinajstić information content (AvgIpc) is 2.80. The minimum absolute atomic E-state index is 0.534. The van der Waals surface area contributed by atoms with Crippen LogP contribution in [0.2, 0.25) is 11.1 Å². The second-order valence-electron chi connectivity index (χ2n) is 8.67.